The number of hydrogen-bond acceptors (Lipinski definition) is 5. The van der Waals surface area contributed by atoms with Crippen molar-refractivity contribution in [1.82, 2.24) is 10.2 Å². The fourth-order valence-electron chi connectivity index (χ4n) is 2.70. The molecule has 2 saturated heterocycles. The van der Waals surface area contributed by atoms with Crippen molar-refractivity contribution in [2.45, 2.75) is 52.1 Å². The highest BCUT2D eigenvalue weighted by Crippen LogP contribution is 2.19. The Hall–Kier alpha value is -1.83. The zero-order valence-corrected chi connectivity index (χ0v) is 15.3. The second kappa shape index (κ2) is 9.60. The van der Waals surface area contributed by atoms with Crippen LogP contribution in [0.2, 0.25) is 0 Å². The molecule has 0 bridgehead atoms. The van der Waals surface area contributed by atoms with Gasteiger partial charge in [-0.05, 0) is 59.5 Å². The molecule has 8 nitrogen and oxygen atoms in total. The smallest absolute Gasteiger partial charge is 0.410 e. The Kier molecular flexibility index (Phi) is 8.15. The molecule has 2 aliphatic rings. The molecule has 2 fully saturated rings. The van der Waals surface area contributed by atoms with Crippen LogP contribution in [-0.4, -0.2) is 64.9 Å². The van der Waals surface area contributed by atoms with Crippen molar-refractivity contribution >= 4 is 18.0 Å². The van der Waals surface area contributed by atoms with E-state index in [1.54, 1.807) is 4.90 Å². The van der Waals surface area contributed by atoms with E-state index in [2.05, 4.69) is 5.32 Å². The van der Waals surface area contributed by atoms with Crippen LogP contribution < -0.4 is 5.32 Å². The number of carbonyl (C=O) groups is 3. The van der Waals surface area contributed by atoms with Crippen LogP contribution in [0.25, 0.3) is 0 Å². The van der Waals surface area contributed by atoms with Crippen LogP contribution in [0, 0.1) is 11.8 Å². The lowest BCUT2D eigenvalue weighted by Gasteiger charge is -2.32. The number of nitrogens with zero attached hydrogens (tertiary/aromatic N) is 1. The lowest BCUT2D eigenvalue weighted by Crippen LogP contribution is -2.42. The number of aliphatic carboxylic acids is 2. The highest BCUT2D eigenvalue weighted by Gasteiger charge is 2.29. The molecule has 8 heteroatoms. The van der Waals surface area contributed by atoms with Gasteiger partial charge in [0.1, 0.15) is 5.60 Å². The number of nitrogens with one attached hydrogen (secondary N) is 1. The maximum absolute atomic E-state index is 11.6. The first-order valence-corrected chi connectivity index (χ1v) is 8.74. The summed E-state index contributed by atoms with van der Waals surface area (Å²) in [6.07, 6.45) is 2.24. The number of piperidine rings is 2. The maximum atomic E-state index is 11.6. The van der Waals surface area contributed by atoms with Crippen LogP contribution in [-0.2, 0) is 14.3 Å². The molecule has 2 aliphatic heterocycles. The van der Waals surface area contributed by atoms with E-state index in [1.807, 2.05) is 20.8 Å². The highest BCUT2D eigenvalue weighted by molar-refractivity contribution is 5.72. The number of likely N-dealkylation sites (tertiary alicyclic amines) is 1. The summed E-state index contributed by atoms with van der Waals surface area (Å²) >= 11 is 0. The second-order valence-electron chi connectivity index (χ2n) is 7.44. The molecule has 2 rings (SSSR count). The van der Waals surface area contributed by atoms with Gasteiger partial charge < -0.3 is 25.2 Å². The van der Waals surface area contributed by atoms with Crippen molar-refractivity contribution in [3.63, 3.8) is 0 Å². The Morgan fingerprint density at radius 2 is 1.36 bits per heavy atom. The number of hydrogen-bond donors (Lipinski definition) is 3. The molecule has 0 aliphatic carbocycles. The normalized spacial score (nSPS) is 19.6. The van der Waals surface area contributed by atoms with Gasteiger partial charge in [-0.25, -0.2) is 4.79 Å². The second-order valence-corrected chi connectivity index (χ2v) is 7.44. The molecular weight excluding hydrogens is 328 g/mol. The topological polar surface area (TPSA) is 116 Å². The Balaban J connectivity index is 0.000000293. The number of amides is 1. The quantitative estimate of drug-likeness (QED) is 0.689. The van der Waals surface area contributed by atoms with Gasteiger partial charge in [0.2, 0.25) is 0 Å². The van der Waals surface area contributed by atoms with E-state index in [1.165, 1.54) is 0 Å². The molecule has 0 aromatic heterocycles. The Morgan fingerprint density at radius 3 is 1.72 bits per heavy atom. The van der Waals surface area contributed by atoms with Gasteiger partial charge in [0.25, 0.3) is 0 Å². The highest BCUT2D eigenvalue weighted by atomic mass is 16.6. The molecule has 0 unspecified atom stereocenters. The summed E-state index contributed by atoms with van der Waals surface area (Å²) in [6, 6.07) is 0. The molecule has 0 spiro atoms. The minimum atomic E-state index is -0.774. The number of ether oxygens (including phenoxy) is 1. The van der Waals surface area contributed by atoms with Crippen molar-refractivity contribution in [3.8, 4) is 0 Å². The third kappa shape index (κ3) is 8.20. The van der Waals surface area contributed by atoms with Gasteiger partial charge in [-0.15, -0.1) is 0 Å². The number of rotatable bonds is 2. The van der Waals surface area contributed by atoms with Gasteiger partial charge in [-0.1, -0.05) is 0 Å². The van der Waals surface area contributed by atoms with E-state index in [4.69, 9.17) is 14.9 Å². The number of carboxylic acids is 2. The SMILES string of the molecule is CC(C)(C)OC(=O)N1CCC(C(=O)O)CC1.O=C(O)C1CCNCC1. The summed E-state index contributed by atoms with van der Waals surface area (Å²) in [6.45, 7) is 8.09. The molecule has 0 radical (unpaired) electrons. The van der Waals surface area contributed by atoms with Crippen molar-refractivity contribution in [1.29, 1.82) is 0 Å². The Morgan fingerprint density at radius 1 is 0.920 bits per heavy atom. The summed E-state index contributed by atoms with van der Waals surface area (Å²) in [5.41, 5.74) is -0.499. The molecule has 0 aromatic rings. The Labute approximate surface area is 148 Å². The summed E-state index contributed by atoms with van der Waals surface area (Å²) in [4.78, 5) is 34.3. The van der Waals surface area contributed by atoms with E-state index < -0.39 is 17.5 Å². The lowest BCUT2D eigenvalue weighted by molar-refractivity contribution is -0.143. The van der Waals surface area contributed by atoms with Gasteiger partial charge in [-0.2, -0.15) is 0 Å². The number of carbonyl (C=O) groups excluding carboxylic acids is 1. The fraction of sp³-hybridized carbons (Fsp3) is 0.824. The minimum Gasteiger partial charge on any atom is -0.481 e. The molecule has 25 heavy (non-hydrogen) atoms. The average Bonchev–Trinajstić information content (AvgIpc) is 2.55. The predicted octanol–water partition coefficient (Wildman–Crippen LogP) is 1.79. The van der Waals surface area contributed by atoms with Crippen molar-refractivity contribution < 1.29 is 29.3 Å². The van der Waals surface area contributed by atoms with Crippen LogP contribution in [0.1, 0.15) is 46.5 Å². The van der Waals surface area contributed by atoms with E-state index in [0.29, 0.717) is 25.9 Å². The van der Waals surface area contributed by atoms with Crippen molar-refractivity contribution in [2.75, 3.05) is 26.2 Å². The van der Waals surface area contributed by atoms with Gasteiger partial charge in [0.05, 0.1) is 11.8 Å². The third-order valence-electron chi connectivity index (χ3n) is 4.18. The lowest BCUT2D eigenvalue weighted by atomic mass is 9.97. The maximum Gasteiger partial charge on any atom is 0.410 e. The summed E-state index contributed by atoms with van der Waals surface area (Å²) in [5, 5.41) is 20.4. The molecule has 0 saturated carbocycles. The standard InChI is InChI=1S/C11H19NO4.C6H11NO2/c1-11(2,3)16-10(15)12-6-4-8(5-7-12)9(13)14;8-6(9)5-1-3-7-4-2-5/h8H,4-7H2,1-3H3,(H,13,14);5,7H,1-4H2,(H,8,9). The fourth-order valence-corrected chi connectivity index (χ4v) is 2.70. The monoisotopic (exact) mass is 358 g/mol. The van der Waals surface area contributed by atoms with Crippen molar-refractivity contribution in [3.05, 3.63) is 0 Å². The molecule has 0 aromatic carbocycles. The van der Waals surface area contributed by atoms with Gasteiger partial charge in [0, 0.05) is 13.1 Å². The predicted molar refractivity (Wildman–Crippen MR) is 91.4 cm³/mol. The first kappa shape index (κ1) is 21.2. The molecule has 2 heterocycles. The van der Waals surface area contributed by atoms with Gasteiger partial charge in [-0.3, -0.25) is 9.59 Å². The van der Waals surface area contributed by atoms with E-state index in [9.17, 15) is 14.4 Å². The summed E-state index contributed by atoms with van der Waals surface area (Å²) < 4.78 is 5.21. The first-order chi connectivity index (χ1) is 11.6. The van der Waals surface area contributed by atoms with Crippen LogP contribution in [0.5, 0.6) is 0 Å². The number of carboxylic acid groups (broad SMARTS) is 2. The van der Waals surface area contributed by atoms with Crippen LogP contribution >= 0.6 is 0 Å². The van der Waals surface area contributed by atoms with Crippen LogP contribution in [0.3, 0.4) is 0 Å². The summed E-state index contributed by atoms with van der Waals surface area (Å²) in [5.74, 6) is -1.83. The first-order valence-electron chi connectivity index (χ1n) is 8.74. The molecule has 0 atom stereocenters. The third-order valence-corrected chi connectivity index (χ3v) is 4.18. The van der Waals surface area contributed by atoms with Crippen molar-refractivity contribution in [2.24, 2.45) is 11.8 Å². The molecule has 1 amide bonds. The largest absolute Gasteiger partial charge is 0.481 e. The van der Waals surface area contributed by atoms with E-state index in [0.717, 1.165) is 25.9 Å². The average molecular weight is 358 g/mol. The Bertz CT molecular complexity index is 460. The van der Waals surface area contributed by atoms with Gasteiger partial charge >= 0.3 is 18.0 Å². The molecule has 144 valence electrons. The zero-order chi connectivity index (χ0) is 19.0. The zero-order valence-electron chi connectivity index (χ0n) is 15.3. The minimum absolute atomic E-state index is 0.0914. The summed E-state index contributed by atoms with van der Waals surface area (Å²) in [7, 11) is 0. The van der Waals surface area contributed by atoms with E-state index in [-0.39, 0.29) is 17.9 Å². The van der Waals surface area contributed by atoms with E-state index >= 15 is 0 Å². The van der Waals surface area contributed by atoms with Gasteiger partial charge in [0.15, 0.2) is 0 Å². The molecule has 3 N–H and O–H groups in total. The molecular formula is C17H30N2O6. The van der Waals surface area contributed by atoms with Crippen LogP contribution in [0.4, 0.5) is 4.79 Å². The van der Waals surface area contributed by atoms with Crippen LogP contribution in [0.15, 0.2) is 0 Å².